The monoisotopic (exact) mass is 323 g/mol. The molecule has 1 saturated heterocycles. The van der Waals surface area contributed by atoms with Crippen LogP contribution < -0.4 is 0 Å². The van der Waals surface area contributed by atoms with E-state index in [4.69, 9.17) is 0 Å². The van der Waals surface area contributed by atoms with Crippen molar-refractivity contribution >= 4 is 27.6 Å². The molecule has 3 nitrogen and oxygen atoms in total. The Hall–Kier alpha value is -1.16. The summed E-state index contributed by atoms with van der Waals surface area (Å²) >= 11 is 3.37. The standard InChI is InChI=1S/C15H18BrNO2/c1-15(2)8-7-13(18)10-17(15)14(19)9-11-3-5-12(16)6-4-11/h3-6H,7-10H2,1-2H3. The second kappa shape index (κ2) is 5.45. The predicted octanol–water partition coefficient (Wildman–Crippen LogP) is 2.96. The summed E-state index contributed by atoms with van der Waals surface area (Å²) in [5.41, 5.74) is 0.752. The average molecular weight is 324 g/mol. The second-order valence-corrected chi connectivity index (χ2v) is 6.55. The highest BCUT2D eigenvalue weighted by molar-refractivity contribution is 9.10. The first-order chi connectivity index (χ1) is 8.88. The molecule has 2 rings (SSSR count). The molecule has 0 aliphatic carbocycles. The van der Waals surface area contributed by atoms with Crippen LogP contribution in [0.1, 0.15) is 32.3 Å². The number of hydrogen-bond donors (Lipinski definition) is 0. The van der Waals surface area contributed by atoms with Crippen molar-refractivity contribution in [2.24, 2.45) is 0 Å². The zero-order valence-electron chi connectivity index (χ0n) is 11.3. The van der Waals surface area contributed by atoms with Gasteiger partial charge in [-0.05, 0) is 38.0 Å². The van der Waals surface area contributed by atoms with Crippen LogP contribution in [0.25, 0.3) is 0 Å². The fourth-order valence-electron chi connectivity index (χ4n) is 2.35. The molecule has 1 aliphatic heterocycles. The summed E-state index contributed by atoms with van der Waals surface area (Å²) in [5.74, 6) is 0.184. The van der Waals surface area contributed by atoms with E-state index in [2.05, 4.69) is 15.9 Å². The molecule has 102 valence electrons. The van der Waals surface area contributed by atoms with Gasteiger partial charge in [-0.25, -0.2) is 0 Å². The number of ketones is 1. The average Bonchev–Trinajstić information content (AvgIpc) is 2.35. The molecule has 0 unspecified atom stereocenters. The van der Waals surface area contributed by atoms with E-state index in [1.54, 1.807) is 4.90 Å². The largest absolute Gasteiger partial charge is 0.330 e. The van der Waals surface area contributed by atoms with Gasteiger partial charge in [0.05, 0.1) is 13.0 Å². The molecule has 1 aliphatic rings. The molecule has 0 bridgehead atoms. The normalized spacial score (nSPS) is 18.5. The molecule has 1 heterocycles. The Labute approximate surface area is 122 Å². The van der Waals surface area contributed by atoms with Crippen LogP contribution in [0.15, 0.2) is 28.7 Å². The number of likely N-dealkylation sites (tertiary alicyclic amines) is 1. The van der Waals surface area contributed by atoms with E-state index < -0.39 is 0 Å². The maximum absolute atomic E-state index is 12.4. The molecule has 0 aromatic heterocycles. The van der Waals surface area contributed by atoms with Crippen molar-refractivity contribution in [2.45, 2.75) is 38.6 Å². The lowest BCUT2D eigenvalue weighted by molar-refractivity contribution is -0.144. The van der Waals surface area contributed by atoms with Crippen LogP contribution in [-0.2, 0) is 16.0 Å². The number of benzene rings is 1. The topological polar surface area (TPSA) is 37.4 Å². The van der Waals surface area contributed by atoms with Crippen molar-refractivity contribution < 1.29 is 9.59 Å². The molecule has 0 atom stereocenters. The highest BCUT2D eigenvalue weighted by Crippen LogP contribution is 2.26. The van der Waals surface area contributed by atoms with Crippen LogP contribution in [0.2, 0.25) is 0 Å². The van der Waals surface area contributed by atoms with Crippen LogP contribution in [0, 0.1) is 0 Å². The fourth-order valence-corrected chi connectivity index (χ4v) is 2.61. The van der Waals surface area contributed by atoms with E-state index in [1.807, 2.05) is 38.1 Å². The molecule has 0 saturated carbocycles. The van der Waals surface area contributed by atoms with Crippen molar-refractivity contribution in [3.05, 3.63) is 34.3 Å². The van der Waals surface area contributed by atoms with Gasteiger partial charge >= 0.3 is 0 Å². The summed E-state index contributed by atoms with van der Waals surface area (Å²) in [5, 5.41) is 0. The summed E-state index contributed by atoms with van der Waals surface area (Å²) in [7, 11) is 0. The third-order valence-corrected chi connectivity index (χ3v) is 4.18. The first kappa shape index (κ1) is 14.3. The molecule has 1 aromatic rings. The van der Waals surface area contributed by atoms with Crippen molar-refractivity contribution in [3.8, 4) is 0 Å². The third-order valence-electron chi connectivity index (χ3n) is 3.65. The Morgan fingerprint density at radius 3 is 2.58 bits per heavy atom. The predicted molar refractivity (Wildman–Crippen MR) is 77.9 cm³/mol. The molecule has 0 N–H and O–H groups in total. The smallest absolute Gasteiger partial charge is 0.227 e. The van der Waals surface area contributed by atoms with Gasteiger partial charge in [0.2, 0.25) is 5.91 Å². The quantitative estimate of drug-likeness (QED) is 0.839. The number of carbonyl (C=O) groups is 2. The minimum atomic E-state index is -0.222. The van der Waals surface area contributed by atoms with Crippen molar-refractivity contribution in [3.63, 3.8) is 0 Å². The number of rotatable bonds is 2. The summed E-state index contributed by atoms with van der Waals surface area (Å²) in [4.78, 5) is 25.7. The molecule has 1 aromatic carbocycles. The number of nitrogens with zero attached hydrogens (tertiary/aromatic N) is 1. The number of amides is 1. The van der Waals surface area contributed by atoms with E-state index >= 15 is 0 Å². The molecule has 1 amide bonds. The zero-order valence-corrected chi connectivity index (χ0v) is 12.9. The van der Waals surface area contributed by atoms with E-state index in [0.717, 1.165) is 16.5 Å². The SMILES string of the molecule is CC1(C)CCC(=O)CN1C(=O)Cc1ccc(Br)cc1. The van der Waals surface area contributed by atoms with Crippen molar-refractivity contribution in [1.82, 2.24) is 4.90 Å². The van der Waals surface area contributed by atoms with Gasteiger partial charge in [-0.2, -0.15) is 0 Å². The Morgan fingerprint density at radius 1 is 1.32 bits per heavy atom. The summed E-state index contributed by atoms with van der Waals surface area (Å²) < 4.78 is 0.997. The van der Waals surface area contributed by atoms with Gasteiger partial charge in [-0.3, -0.25) is 9.59 Å². The van der Waals surface area contributed by atoms with E-state index in [-0.39, 0.29) is 23.8 Å². The first-order valence-corrected chi connectivity index (χ1v) is 7.24. The number of piperidine rings is 1. The molecule has 0 radical (unpaired) electrons. The second-order valence-electron chi connectivity index (χ2n) is 5.63. The number of Topliss-reactive ketones (excluding diaryl/α,β-unsaturated/α-hetero) is 1. The van der Waals surface area contributed by atoms with Gasteiger partial charge in [0.15, 0.2) is 5.78 Å². The Bertz CT molecular complexity index is 493. The van der Waals surface area contributed by atoms with E-state index in [0.29, 0.717) is 12.8 Å². The van der Waals surface area contributed by atoms with Gasteiger partial charge < -0.3 is 4.90 Å². The molecule has 4 heteroatoms. The highest BCUT2D eigenvalue weighted by Gasteiger charge is 2.36. The van der Waals surface area contributed by atoms with Crippen LogP contribution in [0.3, 0.4) is 0 Å². The third kappa shape index (κ3) is 3.44. The van der Waals surface area contributed by atoms with Crippen molar-refractivity contribution in [2.75, 3.05) is 6.54 Å². The number of carbonyl (C=O) groups excluding carboxylic acids is 2. The van der Waals surface area contributed by atoms with Crippen LogP contribution in [0.4, 0.5) is 0 Å². The van der Waals surface area contributed by atoms with Gasteiger partial charge in [-0.15, -0.1) is 0 Å². The van der Waals surface area contributed by atoms with Gasteiger partial charge in [0, 0.05) is 16.4 Å². The maximum atomic E-state index is 12.4. The Kier molecular flexibility index (Phi) is 4.09. The maximum Gasteiger partial charge on any atom is 0.227 e. The lowest BCUT2D eigenvalue weighted by Gasteiger charge is -2.41. The lowest BCUT2D eigenvalue weighted by Crippen LogP contribution is -2.54. The van der Waals surface area contributed by atoms with Crippen LogP contribution in [0.5, 0.6) is 0 Å². The molecule has 1 fully saturated rings. The summed E-state index contributed by atoms with van der Waals surface area (Å²) in [6.45, 7) is 4.31. The molecule has 0 spiro atoms. The zero-order chi connectivity index (χ0) is 14.0. The summed E-state index contributed by atoms with van der Waals surface area (Å²) in [6.07, 6.45) is 1.68. The van der Waals surface area contributed by atoms with Gasteiger partial charge in [-0.1, -0.05) is 28.1 Å². The van der Waals surface area contributed by atoms with Gasteiger partial charge in [0.25, 0.3) is 0 Å². The lowest BCUT2D eigenvalue weighted by atomic mass is 9.89. The minimum Gasteiger partial charge on any atom is -0.330 e. The van der Waals surface area contributed by atoms with Crippen LogP contribution in [-0.4, -0.2) is 28.7 Å². The Morgan fingerprint density at radius 2 is 1.95 bits per heavy atom. The van der Waals surface area contributed by atoms with E-state index in [1.165, 1.54) is 0 Å². The van der Waals surface area contributed by atoms with Gasteiger partial charge in [0.1, 0.15) is 0 Å². The molecular weight excluding hydrogens is 306 g/mol. The van der Waals surface area contributed by atoms with Crippen LogP contribution >= 0.6 is 15.9 Å². The minimum absolute atomic E-state index is 0.0281. The summed E-state index contributed by atoms with van der Waals surface area (Å²) in [6, 6.07) is 7.71. The number of hydrogen-bond acceptors (Lipinski definition) is 2. The first-order valence-electron chi connectivity index (χ1n) is 6.45. The fraction of sp³-hybridized carbons (Fsp3) is 0.467. The number of halogens is 1. The highest BCUT2D eigenvalue weighted by atomic mass is 79.9. The molecule has 19 heavy (non-hydrogen) atoms. The van der Waals surface area contributed by atoms with E-state index in [9.17, 15) is 9.59 Å². The Balaban J connectivity index is 2.10. The molecular formula is C15H18BrNO2. The van der Waals surface area contributed by atoms with Crippen molar-refractivity contribution in [1.29, 1.82) is 0 Å².